The summed E-state index contributed by atoms with van der Waals surface area (Å²) in [4.78, 5) is 32.8. The average molecular weight is 519 g/mol. The Kier molecular flexibility index (Phi) is 5.55. The third-order valence-electron chi connectivity index (χ3n) is 5.98. The summed E-state index contributed by atoms with van der Waals surface area (Å²) < 4.78 is 25.8. The normalized spacial score (nSPS) is 14.9. The molecule has 1 aliphatic heterocycles. The Balaban J connectivity index is 1.47. The van der Waals surface area contributed by atoms with E-state index in [-0.39, 0.29) is 28.9 Å². The SMILES string of the molecule is O=C1c2oc3ccc(F)cc3c(=O)c2C(c2cccc(OCc3ccccc3Cl)c2)N1c1nccs1. The molecule has 0 spiro atoms. The molecule has 178 valence electrons. The summed E-state index contributed by atoms with van der Waals surface area (Å²) in [7, 11) is 0. The molecular weight excluding hydrogens is 503 g/mol. The lowest BCUT2D eigenvalue weighted by Crippen LogP contribution is -2.29. The maximum absolute atomic E-state index is 14.0. The maximum atomic E-state index is 14.0. The molecule has 3 heterocycles. The van der Waals surface area contributed by atoms with Crippen molar-refractivity contribution in [3.8, 4) is 5.75 Å². The van der Waals surface area contributed by atoms with Gasteiger partial charge in [0, 0.05) is 22.2 Å². The lowest BCUT2D eigenvalue weighted by molar-refractivity contribution is 0.0971. The predicted molar refractivity (Wildman–Crippen MR) is 135 cm³/mol. The molecule has 1 aliphatic rings. The van der Waals surface area contributed by atoms with Crippen molar-refractivity contribution in [2.45, 2.75) is 12.6 Å². The minimum Gasteiger partial charge on any atom is -0.489 e. The number of aromatic nitrogens is 1. The molecule has 6 rings (SSSR count). The molecule has 0 saturated carbocycles. The van der Waals surface area contributed by atoms with E-state index in [4.69, 9.17) is 20.8 Å². The molecule has 5 aromatic rings. The van der Waals surface area contributed by atoms with Crippen molar-refractivity contribution in [1.82, 2.24) is 4.98 Å². The third-order valence-corrected chi connectivity index (χ3v) is 7.12. The van der Waals surface area contributed by atoms with Crippen molar-refractivity contribution < 1.29 is 18.3 Å². The molecule has 0 bridgehead atoms. The van der Waals surface area contributed by atoms with Gasteiger partial charge in [-0.2, -0.15) is 0 Å². The van der Waals surface area contributed by atoms with Crippen LogP contribution in [-0.2, 0) is 6.61 Å². The van der Waals surface area contributed by atoms with E-state index in [1.807, 2.05) is 18.2 Å². The predicted octanol–water partition coefficient (Wildman–Crippen LogP) is 6.37. The van der Waals surface area contributed by atoms with Gasteiger partial charge in [0.1, 0.15) is 23.8 Å². The molecule has 0 fully saturated rings. The van der Waals surface area contributed by atoms with Gasteiger partial charge in [0.15, 0.2) is 10.6 Å². The number of hydrogen-bond acceptors (Lipinski definition) is 6. The van der Waals surface area contributed by atoms with Crippen LogP contribution >= 0.6 is 22.9 Å². The first-order valence-corrected chi connectivity index (χ1v) is 12.2. The Morgan fingerprint density at radius 2 is 1.94 bits per heavy atom. The van der Waals surface area contributed by atoms with Crippen LogP contribution < -0.4 is 15.1 Å². The van der Waals surface area contributed by atoms with Gasteiger partial charge >= 0.3 is 0 Å². The van der Waals surface area contributed by atoms with E-state index in [1.165, 1.54) is 28.4 Å². The fourth-order valence-electron chi connectivity index (χ4n) is 4.34. The molecule has 6 nitrogen and oxygen atoms in total. The van der Waals surface area contributed by atoms with E-state index in [0.717, 1.165) is 11.6 Å². The second kappa shape index (κ2) is 8.89. The van der Waals surface area contributed by atoms with Crippen LogP contribution in [0.4, 0.5) is 9.52 Å². The fraction of sp³-hybridized carbons (Fsp3) is 0.0741. The third kappa shape index (κ3) is 3.75. The van der Waals surface area contributed by atoms with Gasteiger partial charge in [-0.25, -0.2) is 9.37 Å². The highest BCUT2D eigenvalue weighted by Crippen LogP contribution is 2.42. The number of thiazole rings is 1. The Hall–Kier alpha value is -4.01. The summed E-state index contributed by atoms with van der Waals surface area (Å²) in [6.07, 6.45) is 1.58. The molecule has 0 saturated heterocycles. The number of nitrogens with zero attached hydrogens (tertiary/aromatic N) is 2. The van der Waals surface area contributed by atoms with Crippen LogP contribution in [0.15, 0.2) is 87.5 Å². The molecule has 36 heavy (non-hydrogen) atoms. The van der Waals surface area contributed by atoms with Crippen molar-refractivity contribution in [2.75, 3.05) is 4.90 Å². The van der Waals surface area contributed by atoms with E-state index in [2.05, 4.69) is 4.98 Å². The number of hydrogen-bond donors (Lipinski definition) is 0. The number of anilines is 1. The fourth-order valence-corrected chi connectivity index (χ4v) is 5.20. The number of carbonyl (C=O) groups excluding carboxylic acids is 1. The lowest BCUT2D eigenvalue weighted by atomic mass is 9.98. The summed E-state index contributed by atoms with van der Waals surface area (Å²) in [6.45, 7) is 0.242. The summed E-state index contributed by atoms with van der Waals surface area (Å²) in [5.41, 5.74) is 1.26. The van der Waals surface area contributed by atoms with Gasteiger partial charge in [-0.15, -0.1) is 11.3 Å². The van der Waals surface area contributed by atoms with Crippen LogP contribution in [0.5, 0.6) is 5.75 Å². The molecular formula is C27H16ClFN2O4S. The van der Waals surface area contributed by atoms with E-state index in [0.29, 0.717) is 21.5 Å². The minimum atomic E-state index is -0.827. The highest BCUT2D eigenvalue weighted by molar-refractivity contribution is 7.13. The zero-order valence-corrected chi connectivity index (χ0v) is 20.1. The Labute approximate surface area is 213 Å². The van der Waals surface area contributed by atoms with Gasteiger partial charge in [-0.3, -0.25) is 14.5 Å². The van der Waals surface area contributed by atoms with E-state index < -0.39 is 23.2 Å². The first kappa shape index (κ1) is 22.5. The summed E-state index contributed by atoms with van der Waals surface area (Å²) in [5.74, 6) is -0.608. The second-order valence-corrected chi connectivity index (χ2v) is 9.44. The Bertz CT molecular complexity index is 1690. The van der Waals surface area contributed by atoms with Crippen LogP contribution in [0.3, 0.4) is 0 Å². The van der Waals surface area contributed by atoms with Crippen LogP contribution in [0.25, 0.3) is 11.0 Å². The molecule has 9 heteroatoms. The Morgan fingerprint density at radius 3 is 2.75 bits per heavy atom. The molecule has 1 amide bonds. The number of halogens is 2. The molecule has 0 N–H and O–H groups in total. The van der Waals surface area contributed by atoms with E-state index >= 15 is 0 Å². The zero-order valence-electron chi connectivity index (χ0n) is 18.5. The van der Waals surface area contributed by atoms with Crippen LogP contribution in [0.1, 0.15) is 33.3 Å². The number of carbonyl (C=O) groups is 1. The van der Waals surface area contributed by atoms with Crippen molar-refractivity contribution in [1.29, 1.82) is 0 Å². The first-order valence-electron chi connectivity index (χ1n) is 11.0. The smallest absolute Gasteiger partial charge is 0.297 e. The van der Waals surface area contributed by atoms with E-state index in [1.54, 1.807) is 41.9 Å². The van der Waals surface area contributed by atoms with Gasteiger partial charge in [0.2, 0.25) is 5.76 Å². The van der Waals surface area contributed by atoms with Crippen LogP contribution in [-0.4, -0.2) is 10.9 Å². The molecule has 0 aliphatic carbocycles. The van der Waals surface area contributed by atoms with Crippen molar-refractivity contribution in [2.24, 2.45) is 0 Å². The number of fused-ring (bicyclic) bond motifs is 2. The highest BCUT2D eigenvalue weighted by atomic mass is 35.5. The summed E-state index contributed by atoms with van der Waals surface area (Å²) >= 11 is 7.51. The molecule has 1 atom stereocenters. The number of amides is 1. The molecule has 3 aromatic carbocycles. The van der Waals surface area contributed by atoms with Crippen molar-refractivity contribution in [3.05, 3.63) is 122 Å². The topological polar surface area (TPSA) is 72.6 Å². The van der Waals surface area contributed by atoms with Gasteiger partial charge in [0.25, 0.3) is 5.91 Å². The van der Waals surface area contributed by atoms with Crippen molar-refractivity contribution in [3.63, 3.8) is 0 Å². The second-order valence-electron chi connectivity index (χ2n) is 8.16. The maximum Gasteiger partial charge on any atom is 0.297 e. The van der Waals surface area contributed by atoms with E-state index in [9.17, 15) is 14.0 Å². The highest BCUT2D eigenvalue weighted by Gasteiger charge is 2.44. The zero-order chi connectivity index (χ0) is 24.8. The first-order chi connectivity index (χ1) is 17.5. The quantitative estimate of drug-likeness (QED) is 0.270. The van der Waals surface area contributed by atoms with Gasteiger partial charge < -0.3 is 9.15 Å². The molecule has 1 unspecified atom stereocenters. The number of rotatable bonds is 5. The summed E-state index contributed by atoms with van der Waals surface area (Å²) in [6, 6.07) is 17.3. The van der Waals surface area contributed by atoms with Crippen molar-refractivity contribution >= 4 is 44.9 Å². The molecule has 0 radical (unpaired) electrons. The minimum absolute atomic E-state index is 0.0682. The molecule has 2 aromatic heterocycles. The van der Waals surface area contributed by atoms with Gasteiger partial charge in [-0.05, 0) is 42.0 Å². The van der Waals surface area contributed by atoms with Gasteiger partial charge in [0.05, 0.1) is 17.0 Å². The number of ether oxygens (including phenoxy) is 1. The standard InChI is InChI=1S/C27H16ClFN2O4S/c28-20-7-2-1-4-16(20)14-34-18-6-3-5-15(12-18)23-22-24(32)19-13-17(29)8-9-21(19)35-25(22)26(33)31(23)27-30-10-11-36-27/h1-13,23H,14H2. The Morgan fingerprint density at radius 1 is 1.08 bits per heavy atom. The van der Waals surface area contributed by atoms with Crippen LogP contribution in [0, 0.1) is 5.82 Å². The average Bonchev–Trinajstić information content (AvgIpc) is 3.51. The largest absolute Gasteiger partial charge is 0.489 e. The number of benzene rings is 3. The lowest BCUT2D eigenvalue weighted by Gasteiger charge is -2.23. The summed E-state index contributed by atoms with van der Waals surface area (Å²) in [5, 5.41) is 2.81. The van der Waals surface area contributed by atoms with Crippen LogP contribution in [0.2, 0.25) is 5.02 Å². The van der Waals surface area contributed by atoms with Gasteiger partial charge in [-0.1, -0.05) is 41.9 Å². The monoisotopic (exact) mass is 518 g/mol.